The van der Waals surface area contributed by atoms with Crippen molar-refractivity contribution in [2.45, 2.75) is 25.8 Å². The molecular formula is C13H18N2O5. The Morgan fingerprint density at radius 1 is 1.45 bits per heavy atom. The van der Waals surface area contributed by atoms with Gasteiger partial charge in [0.05, 0.1) is 12.8 Å². The molecule has 0 saturated heterocycles. The molecule has 1 atom stereocenters. The first-order valence-electron chi connectivity index (χ1n) is 6.13. The molecule has 0 bridgehead atoms. The van der Waals surface area contributed by atoms with E-state index in [4.69, 9.17) is 9.52 Å². The van der Waals surface area contributed by atoms with Crippen LogP contribution in [0.5, 0.6) is 0 Å². The van der Waals surface area contributed by atoms with Gasteiger partial charge in [-0.2, -0.15) is 0 Å². The zero-order valence-electron chi connectivity index (χ0n) is 11.7. The summed E-state index contributed by atoms with van der Waals surface area (Å²) in [5.41, 5.74) is -1.34. The van der Waals surface area contributed by atoms with Crippen LogP contribution in [0.1, 0.15) is 30.8 Å². The van der Waals surface area contributed by atoms with Gasteiger partial charge in [0.25, 0.3) is 5.91 Å². The van der Waals surface area contributed by atoms with Gasteiger partial charge < -0.3 is 19.7 Å². The molecule has 2 amide bonds. The van der Waals surface area contributed by atoms with E-state index in [1.54, 1.807) is 13.0 Å². The quantitative estimate of drug-likeness (QED) is 0.801. The van der Waals surface area contributed by atoms with E-state index in [1.807, 2.05) is 0 Å². The minimum absolute atomic E-state index is 0.122. The summed E-state index contributed by atoms with van der Waals surface area (Å²) in [4.78, 5) is 35.9. The molecule has 0 saturated carbocycles. The van der Waals surface area contributed by atoms with Crippen molar-refractivity contribution in [2.75, 3.05) is 13.6 Å². The number of rotatable bonds is 6. The molecule has 110 valence electrons. The van der Waals surface area contributed by atoms with Gasteiger partial charge in [0, 0.05) is 7.05 Å². The maximum atomic E-state index is 11.8. The van der Waals surface area contributed by atoms with Crippen molar-refractivity contribution in [3.05, 3.63) is 24.2 Å². The van der Waals surface area contributed by atoms with Crippen LogP contribution in [0.2, 0.25) is 0 Å². The summed E-state index contributed by atoms with van der Waals surface area (Å²) in [7, 11) is 1.44. The predicted octanol–water partition coefficient (Wildman–Crippen LogP) is 0.721. The molecule has 1 rings (SSSR count). The van der Waals surface area contributed by atoms with Crippen molar-refractivity contribution >= 4 is 17.8 Å². The van der Waals surface area contributed by atoms with Crippen LogP contribution in [0.15, 0.2) is 22.8 Å². The summed E-state index contributed by atoms with van der Waals surface area (Å²) in [6.45, 7) is 2.83. The highest BCUT2D eigenvalue weighted by Gasteiger charge is 2.33. The second kappa shape index (κ2) is 6.23. The molecule has 0 spiro atoms. The van der Waals surface area contributed by atoms with E-state index in [9.17, 15) is 14.4 Å². The van der Waals surface area contributed by atoms with Gasteiger partial charge in [-0.15, -0.1) is 0 Å². The van der Waals surface area contributed by atoms with E-state index in [1.165, 1.54) is 26.3 Å². The van der Waals surface area contributed by atoms with Gasteiger partial charge >= 0.3 is 5.97 Å². The maximum absolute atomic E-state index is 11.8. The molecular weight excluding hydrogens is 264 g/mol. The van der Waals surface area contributed by atoms with Crippen LogP contribution in [0.25, 0.3) is 0 Å². The van der Waals surface area contributed by atoms with Crippen LogP contribution in [0.3, 0.4) is 0 Å². The molecule has 1 aromatic heterocycles. The molecule has 0 fully saturated rings. The summed E-state index contributed by atoms with van der Waals surface area (Å²) >= 11 is 0. The Bertz CT molecular complexity index is 497. The monoisotopic (exact) mass is 282 g/mol. The molecule has 2 N–H and O–H groups in total. The lowest BCUT2D eigenvalue weighted by atomic mass is 9.99. The van der Waals surface area contributed by atoms with Gasteiger partial charge in [-0.25, -0.2) is 4.79 Å². The highest BCUT2D eigenvalue weighted by atomic mass is 16.4. The fraction of sp³-hybridized carbons (Fsp3) is 0.462. The van der Waals surface area contributed by atoms with Crippen molar-refractivity contribution in [3.8, 4) is 0 Å². The molecule has 0 aliphatic heterocycles. The largest absolute Gasteiger partial charge is 0.480 e. The number of hydrogen-bond acceptors (Lipinski definition) is 4. The third-order valence-electron chi connectivity index (χ3n) is 3.05. The van der Waals surface area contributed by atoms with E-state index in [0.717, 1.165) is 4.90 Å². The molecule has 7 heteroatoms. The van der Waals surface area contributed by atoms with Gasteiger partial charge in [0.15, 0.2) is 5.76 Å². The fourth-order valence-electron chi connectivity index (χ4n) is 1.52. The number of nitrogens with zero attached hydrogens (tertiary/aromatic N) is 1. The fourth-order valence-corrected chi connectivity index (χ4v) is 1.52. The van der Waals surface area contributed by atoms with E-state index in [0.29, 0.717) is 0 Å². The third-order valence-corrected chi connectivity index (χ3v) is 3.05. The predicted molar refractivity (Wildman–Crippen MR) is 70.1 cm³/mol. The summed E-state index contributed by atoms with van der Waals surface area (Å²) in [5.74, 6) is -1.98. The van der Waals surface area contributed by atoms with E-state index < -0.39 is 23.3 Å². The third kappa shape index (κ3) is 3.59. The first-order chi connectivity index (χ1) is 9.30. The number of hydrogen-bond donors (Lipinski definition) is 2. The van der Waals surface area contributed by atoms with Crippen LogP contribution < -0.4 is 5.32 Å². The van der Waals surface area contributed by atoms with Gasteiger partial charge in [-0.1, -0.05) is 6.92 Å². The minimum atomic E-state index is -1.34. The second-order valence-electron chi connectivity index (χ2n) is 4.68. The highest BCUT2D eigenvalue weighted by Crippen LogP contribution is 2.09. The van der Waals surface area contributed by atoms with Crippen molar-refractivity contribution in [2.24, 2.45) is 0 Å². The SMILES string of the molecule is CCC(C)(NC(=O)CN(C)C(=O)c1ccco1)C(=O)O. The Kier molecular flexibility index (Phi) is 4.90. The van der Waals surface area contributed by atoms with Crippen molar-refractivity contribution < 1.29 is 23.9 Å². The Morgan fingerprint density at radius 2 is 2.10 bits per heavy atom. The lowest BCUT2D eigenvalue weighted by molar-refractivity contribution is -0.147. The normalized spacial score (nSPS) is 13.3. The van der Waals surface area contributed by atoms with E-state index in [2.05, 4.69) is 5.32 Å². The lowest BCUT2D eigenvalue weighted by Crippen LogP contribution is -2.54. The zero-order valence-corrected chi connectivity index (χ0v) is 11.7. The number of likely N-dealkylation sites (N-methyl/N-ethyl adjacent to an activating group) is 1. The average Bonchev–Trinajstić information content (AvgIpc) is 2.90. The minimum Gasteiger partial charge on any atom is -0.480 e. The van der Waals surface area contributed by atoms with Crippen LogP contribution >= 0.6 is 0 Å². The number of carbonyl (C=O) groups is 3. The Morgan fingerprint density at radius 3 is 2.55 bits per heavy atom. The first-order valence-corrected chi connectivity index (χ1v) is 6.13. The summed E-state index contributed by atoms with van der Waals surface area (Å²) in [5, 5.41) is 11.5. The van der Waals surface area contributed by atoms with Crippen LogP contribution in [0, 0.1) is 0 Å². The number of nitrogens with one attached hydrogen (secondary N) is 1. The second-order valence-corrected chi connectivity index (χ2v) is 4.68. The van der Waals surface area contributed by atoms with E-state index >= 15 is 0 Å². The van der Waals surface area contributed by atoms with Crippen LogP contribution in [-0.2, 0) is 9.59 Å². The molecule has 0 aliphatic carbocycles. The number of carbonyl (C=O) groups excluding carboxylic acids is 2. The molecule has 7 nitrogen and oxygen atoms in total. The lowest BCUT2D eigenvalue weighted by Gasteiger charge is -2.26. The van der Waals surface area contributed by atoms with Gasteiger partial charge in [0.1, 0.15) is 5.54 Å². The van der Waals surface area contributed by atoms with Gasteiger partial charge in [0.2, 0.25) is 5.91 Å². The number of amides is 2. The molecule has 0 radical (unpaired) electrons. The van der Waals surface area contributed by atoms with Crippen LogP contribution in [0.4, 0.5) is 0 Å². The van der Waals surface area contributed by atoms with Crippen molar-refractivity contribution in [3.63, 3.8) is 0 Å². The molecule has 1 heterocycles. The van der Waals surface area contributed by atoms with Gasteiger partial charge in [-0.3, -0.25) is 9.59 Å². The molecule has 0 aromatic carbocycles. The number of carboxylic acids is 1. The highest BCUT2D eigenvalue weighted by molar-refractivity contribution is 5.95. The van der Waals surface area contributed by atoms with Crippen molar-refractivity contribution in [1.29, 1.82) is 0 Å². The Labute approximate surface area is 116 Å². The average molecular weight is 282 g/mol. The maximum Gasteiger partial charge on any atom is 0.329 e. The zero-order chi connectivity index (χ0) is 15.3. The summed E-state index contributed by atoms with van der Waals surface area (Å²) in [6.07, 6.45) is 1.60. The molecule has 1 aromatic rings. The summed E-state index contributed by atoms with van der Waals surface area (Å²) < 4.78 is 4.94. The number of furan rings is 1. The van der Waals surface area contributed by atoms with Crippen LogP contribution in [-0.4, -0.2) is 46.9 Å². The standard InChI is InChI=1S/C13H18N2O5/c1-4-13(2,12(18)19)14-10(16)8-15(3)11(17)9-6-5-7-20-9/h5-7H,4,8H2,1-3H3,(H,14,16)(H,18,19). The number of aliphatic carboxylic acids is 1. The molecule has 20 heavy (non-hydrogen) atoms. The smallest absolute Gasteiger partial charge is 0.329 e. The molecule has 0 aliphatic rings. The summed E-state index contributed by atoms with van der Waals surface area (Å²) in [6, 6.07) is 3.06. The topological polar surface area (TPSA) is 99.9 Å². The Balaban J connectivity index is 2.62. The van der Waals surface area contributed by atoms with Gasteiger partial charge in [-0.05, 0) is 25.5 Å². The first kappa shape index (κ1) is 15.7. The molecule has 1 unspecified atom stereocenters. The Hall–Kier alpha value is -2.31. The van der Waals surface area contributed by atoms with Crippen molar-refractivity contribution in [1.82, 2.24) is 10.2 Å². The van der Waals surface area contributed by atoms with E-state index in [-0.39, 0.29) is 18.7 Å². The number of carboxylic acid groups (broad SMARTS) is 1.